The fourth-order valence-electron chi connectivity index (χ4n) is 1.85. The minimum atomic E-state index is -0.726. The maximum atomic E-state index is 12.2. The number of thiocarbonyl (C=S) groups is 1. The zero-order valence-electron chi connectivity index (χ0n) is 10.5. The number of carbonyl (C=O) groups is 1. The number of hydrogen-bond donors (Lipinski definition) is 1. The molecular formula is C11H21N3OS. The van der Waals surface area contributed by atoms with E-state index in [1.807, 2.05) is 19.0 Å². The van der Waals surface area contributed by atoms with Gasteiger partial charge in [-0.2, -0.15) is 0 Å². The molecule has 16 heavy (non-hydrogen) atoms. The number of nitrogens with zero attached hydrogens (tertiary/aromatic N) is 2. The van der Waals surface area contributed by atoms with E-state index in [2.05, 4.69) is 4.90 Å². The summed E-state index contributed by atoms with van der Waals surface area (Å²) >= 11 is 4.94. The summed E-state index contributed by atoms with van der Waals surface area (Å²) in [6.07, 6.45) is 1.02. The standard InChI is InChI=1S/C11H21N3OS/c1-11(2,9(12)16)10(15)14-6-5-8(7-14)13(3)4/h8H,5-7H2,1-4H3,(H2,12,16). The molecule has 92 valence electrons. The Morgan fingerprint density at radius 1 is 1.50 bits per heavy atom. The van der Waals surface area contributed by atoms with E-state index >= 15 is 0 Å². The zero-order chi connectivity index (χ0) is 12.5. The molecule has 1 atom stereocenters. The number of nitrogens with two attached hydrogens (primary N) is 1. The SMILES string of the molecule is CN(C)C1CCN(C(=O)C(C)(C)C(N)=S)C1. The number of likely N-dealkylation sites (N-methyl/N-ethyl adjacent to an activating group) is 1. The number of rotatable bonds is 3. The van der Waals surface area contributed by atoms with Crippen molar-refractivity contribution < 1.29 is 4.79 Å². The van der Waals surface area contributed by atoms with Gasteiger partial charge in [-0.05, 0) is 34.4 Å². The predicted octanol–water partition coefficient (Wildman–Crippen LogP) is 0.461. The lowest BCUT2D eigenvalue weighted by Gasteiger charge is -2.28. The van der Waals surface area contributed by atoms with E-state index in [-0.39, 0.29) is 10.9 Å². The van der Waals surface area contributed by atoms with E-state index in [4.69, 9.17) is 18.0 Å². The van der Waals surface area contributed by atoms with Crippen LogP contribution in [0.1, 0.15) is 20.3 Å². The average molecular weight is 243 g/mol. The first-order valence-electron chi connectivity index (χ1n) is 5.52. The summed E-state index contributed by atoms with van der Waals surface area (Å²) in [6, 6.07) is 0.450. The monoisotopic (exact) mass is 243 g/mol. The molecule has 0 bridgehead atoms. The summed E-state index contributed by atoms with van der Waals surface area (Å²) in [5.41, 5.74) is 4.88. The lowest BCUT2D eigenvalue weighted by Crippen LogP contribution is -2.47. The number of hydrogen-bond acceptors (Lipinski definition) is 3. The van der Waals surface area contributed by atoms with Crippen LogP contribution in [0.15, 0.2) is 0 Å². The second-order valence-electron chi connectivity index (χ2n) is 5.15. The van der Waals surface area contributed by atoms with Crippen molar-refractivity contribution in [3.8, 4) is 0 Å². The van der Waals surface area contributed by atoms with Gasteiger partial charge in [-0.25, -0.2) is 0 Å². The minimum absolute atomic E-state index is 0.0457. The highest BCUT2D eigenvalue weighted by Gasteiger charge is 2.38. The number of carbonyl (C=O) groups excluding carboxylic acids is 1. The van der Waals surface area contributed by atoms with E-state index in [0.29, 0.717) is 6.04 Å². The quantitative estimate of drug-likeness (QED) is 0.732. The van der Waals surface area contributed by atoms with E-state index < -0.39 is 5.41 Å². The molecule has 1 aliphatic heterocycles. The normalized spacial score (nSPS) is 21.6. The van der Waals surface area contributed by atoms with Crippen LogP contribution in [0.4, 0.5) is 0 Å². The fraction of sp³-hybridized carbons (Fsp3) is 0.818. The molecule has 1 unspecified atom stereocenters. The van der Waals surface area contributed by atoms with Crippen LogP contribution in [0.3, 0.4) is 0 Å². The molecule has 0 aromatic rings. The van der Waals surface area contributed by atoms with Crippen molar-refractivity contribution in [2.24, 2.45) is 11.1 Å². The maximum absolute atomic E-state index is 12.2. The second-order valence-corrected chi connectivity index (χ2v) is 5.59. The van der Waals surface area contributed by atoms with Crippen LogP contribution in [0.2, 0.25) is 0 Å². The number of likely N-dealkylation sites (tertiary alicyclic amines) is 1. The van der Waals surface area contributed by atoms with Gasteiger partial charge in [-0.3, -0.25) is 4.79 Å². The Balaban J connectivity index is 2.68. The first-order valence-corrected chi connectivity index (χ1v) is 5.93. The van der Waals surface area contributed by atoms with Crippen molar-refractivity contribution >= 4 is 23.1 Å². The third-order valence-electron chi connectivity index (χ3n) is 3.33. The van der Waals surface area contributed by atoms with Crippen molar-refractivity contribution in [1.82, 2.24) is 9.80 Å². The highest BCUT2D eigenvalue weighted by molar-refractivity contribution is 7.80. The third-order valence-corrected chi connectivity index (χ3v) is 3.84. The van der Waals surface area contributed by atoms with Crippen molar-refractivity contribution in [1.29, 1.82) is 0 Å². The van der Waals surface area contributed by atoms with Crippen LogP contribution in [-0.4, -0.2) is 53.9 Å². The Hall–Kier alpha value is -0.680. The highest BCUT2D eigenvalue weighted by atomic mass is 32.1. The molecule has 1 rings (SSSR count). The van der Waals surface area contributed by atoms with Crippen LogP contribution in [-0.2, 0) is 4.79 Å². The summed E-state index contributed by atoms with van der Waals surface area (Å²) in [7, 11) is 4.08. The van der Waals surface area contributed by atoms with Crippen molar-refractivity contribution in [2.45, 2.75) is 26.3 Å². The van der Waals surface area contributed by atoms with Crippen molar-refractivity contribution in [3.05, 3.63) is 0 Å². The first-order chi connectivity index (χ1) is 7.26. The van der Waals surface area contributed by atoms with Crippen LogP contribution in [0, 0.1) is 5.41 Å². The summed E-state index contributed by atoms with van der Waals surface area (Å²) in [6.45, 7) is 5.16. The summed E-state index contributed by atoms with van der Waals surface area (Å²) in [4.78, 5) is 16.5. The fourth-order valence-corrected chi connectivity index (χ4v) is 1.94. The molecule has 0 radical (unpaired) electrons. The van der Waals surface area contributed by atoms with E-state index in [0.717, 1.165) is 19.5 Å². The van der Waals surface area contributed by atoms with Crippen LogP contribution in [0.25, 0.3) is 0 Å². The van der Waals surface area contributed by atoms with Crippen molar-refractivity contribution in [2.75, 3.05) is 27.2 Å². The van der Waals surface area contributed by atoms with Gasteiger partial charge in [-0.1, -0.05) is 12.2 Å². The maximum Gasteiger partial charge on any atom is 0.235 e. The Morgan fingerprint density at radius 2 is 2.06 bits per heavy atom. The zero-order valence-corrected chi connectivity index (χ0v) is 11.3. The molecule has 0 aromatic carbocycles. The summed E-state index contributed by atoms with van der Waals surface area (Å²) in [5.74, 6) is 0.0457. The van der Waals surface area contributed by atoms with E-state index in [1.165, 1.54) is 0 Å². The number of amides is 1. The van der Waals surface area contributed by atoms with Crippen LogP contribution < -0.4 is 5.73 Å². The van der Waals surface area contributed by atoms with E-state index in [9.17, 15) is 4.79 Å². The van der Waals surface area contributed by atoms with Gasteiger partial charge in [0.2, 0.25) is 5.91 Å². The lowest BCUT2D eigenvalue weighted by molar-refractivity contribution is -0.135. The molecule has 2 N–H and O–H groups in total. The predicted molar refractivity (Wildman–Crippen MR) is 69.2 cm³/mol. The summed E-state index contributed by atoms with van der Waals surface area (Å²) in [5, 5.41) is 0. The Bertz CT molecular complexity index is 302. The molecule has 1 amide bonds. The van der Waals surface area contributed by atoms with Gasteiger partial charge in [-0.15, -0.1) is 0 Å². The molecule has 4 nitrogen and oxygen atoms in total. The van der Waals surface area contributed by atoms with Gasteiger partial charge in [0.25, 0.3) is 0 Å². The van der Waals surface area contributed by atoms with Crippen LogP contribution >= 0.6 is 12.2 Å². The Morgan fingerprint density at radius 3 is 2.44 bits per heavy atom. The van der Waals surface area contributed by atoms with Gasteiger partial charge < -0.3 is 15.5 Å². The smallest absolute Gasteiger partial charge is 0.235 e. The molecule has 1 aliphatic rings. The Labute approximate surface area is 103 Å². The highest BCUT2D eigenvalue weighted by Crippen LogP contribution is 2.23. The van der Waals surface area contributed by atoms with Gasteiger partial charge in [0, 0.05) is 19.1 Å². The molecule has 1 heterocycles. The third kappa shape index (κ3) is 2.52. The Kier molecular flexibility index (Phi) is 3.91. The summed E-state index contributed by atoms with van der Waals surface area (Å²) < 4.78 is 0. The topological polar surface area (TPSA) is 49.6 Å². The molecule has 0 spiro atoms. The molecule has 0 saturated carbocycles. The lowest BCUT2D eigenvalue weighted by atomic mass is 9.92. The largest absolute Gasteiger partial charge is 0.392 e. The van der Waals surface area contributed by atoms with Gasteiger partial charge in [0.15, 0.2) is 0 Å². The average Bonchev–Trinajstić information content (AvgIpc) is 2.64. The minimum Gasteiger partial charge on any atom is -0.392 e. The van der Waals surface area contributed by atoms with E-state index in [1.54, 1.807) is 13.8 Å². The molecule has 0 aliphatic carbocycles. The molecule has 0 aromatic heterocycles. The van der Waals surface area contributed by atoms with Crippen molar-refractivity contribution in [3.63, 3.8) is 0 Å². The van der Waals surface area contributed by atoms with Gasteiger partial charge in [0.05, 0.1) is 10.4 Å². The van der Waals surface area contributed by atoms with Crippen LogP contribution in [0.5, 0.6) is 0 Å². The molecule has 1 saturated heterocycles. The second kappa shape index (κ2) is 4.67. The molecule has 5 heteroatoms. The molecule has 1 fully saturated rings. The molecular weight excluding hydrogens is 222 g/mol. The first kappa shape index (κ1) is 13.4. The van der Waals surface area contributed by atoms with Gasteiger partial charge >= 0.3 is 0 Å². The van der Waals surface area contributed by atoms with Gasteiger partial charge in [0.1, 0.15) is 0 Å².